The van der Waals surface area contributed by atoms with Crippen LogP contribution in [0.25, 0.3) is 0 Å². The molecular weight excluding hydrogens is 150 g/mol. The first-order valence-corrected chi connectivity index (χ1v) is 2.61. The van der Waals surface area contributed by atoms with Gasteiger partial charge in [0, 0.05) is 0 Å². The Morgan fingerprint density at radius 1 is 1.27 bits per heavy atom. The van der Waals surface area contributed by atoms with E-state index in [1.807, 2.05) is 0 Å². The Bertz CT molecular complexity index is 208. The quantitative estimate of drug-likeness (QED) is 0.161. The normalized spacial score (nSPS) is 18.3. The van der Waals surface area contributed by atoms with Crippen molar-refractivity contribution >= 4 is 5.96 Å². The van der Waals surface area contributed by atoms with Gasteiger partial charge in [0.1, 0.15) is 0 Å². The fourth-order valence-electron chi connectivity index (χ4n) is 0.388. The van der Waals surface area contributed by atoms with Gasteiger partial charge in [0.15, 0.2) is 0 Å². The van der Waals surface area contributed by atoms with Crippen molar-refractivity contribution in [1.82, 2.24) is 5.43 Å². The van der Waals surface area contributed by atoms with Crippen molar-refractivity contribution < 1.29 is 0 Å². The van der Waals surface area contributed by atoms with Gasteiger partial charge in [-0.25, -0.2) is 5.43 Å². The summed E-state index contributed by atoms with van der Waals surface area (Å²) in [6, 6.07) is 0. The zero-order chi connectivity index (χ0) is 8.32. The van der Waals surface area contributed by atoms with Crippen LogP contribution in [0.2, 0.25) is 0 Å². The molecule has 9 heteroatoms. The van der Waals surface area contributed by atoms with Crippen LogP contribution in [-0.4, -0.2) is 11.9 Å². The van der Waals surface area contributed by atoms with E-state index < -0.39 is 5.91 Å². The van der Waals surface area contributed by atoms with Crippen molar-refractivity contribution in [3.05, 3.63) is 0 Å². The average molecular weight is 157 g/mol. The van der Waals surface area contributed by atoms with Crippen LogP contribution >= 0.6 is 0 Å². The zero-order valence-corrected chi connectivity index (χ0v) is 5.47. The number of hydrogen-bond donors (Lipinski definition) is 4. The predicted octanol–water partition coefficient (Wildman–Crippen LogP) is -1.83. The van der Waals surface area contributed by atoms with Crippen molar-refractivity contribution in [1.29, 1.82) is 0 Å². The second-order valence-corrected chi connectivity index (χ2v) is 1.75. The van der Waals surface area contributed by atoms with E-state index in [9.17, 15) is 0 Å². The van der Waals surface area contributed by atoms with Gasteiger partial charge in [-0.15, -0.1) is 5.10 Å². The van der Waals surface area contributed by atoms with E-state index in [0.717, 1.165) is 0 Å². The minimum atomic E-state index is -1.45. The summed E-state index contributed by atoms with van der Waals surface area (Å²) in [6.45, 7) is 0. The fourth-order valence-corrected chi connectivity index (χ4v) is 0.388. The van der Waals surface area contributed by atoms with Gasteiger partial charge < -0.3 is 11.5 Å². The highest BCUT2D eigenvalue weighted by atomic mass is 15.7. The fraction of sp³-hybridized carbons (Fsp3) is 0.500. The Morgan fingerprint density at radius 3 is 2.27 bits per heavy atom. The van der Waals surface area contributed by atoms with Crippen LogP contribution in [0, 0.1) is 0 Å². The van der Waals surface area contributed by atoms with E-state index in [4.69, 9.17) is 17.2 Å². The van der Waals surface area contributed by atoms with E-state index in [-0.39, 0.29) is 5.96 Å². The molecule has 0 unspecified atom stereocenters. The minimum Gasteiger partial charge on any atom is -0.369 e. The SMILES string of the molecule is NC(N)=NNC1(N)N=NN=N1. The number of nitrogens with one attached hydrogen (secondary N) is 1. The van der Waals surface area contributed by atoms with Crippen LogP contribution in [0.1, 0.15) is 0 Å². The molecule has 0 aliphatic carbocycles. The van der Waals surface area contributed by atoms with Crippen LogP contribution in [0.5, 0.6) is 0 Å². The van der Waals surface area contributed by atoms with Crippen LogP contribution in [0.3, 0.4) is 0 Å². The summed E-state index contributed by atoms with van der Waals surface area (Å²) in [4.78, 5) is 0. The first kappa shape index (κ1) is 7.34. The maximum Gasteiger partial charge on any atom is 0.338 e. The Hall–Kier alpha value is -1.77. The van der Waals surface area contributed by atoms with E-state index in [1.54, 1.807) is 0 Å². The summed E-state index contributed by atoms with van der Waals surface area (Å²) < 4.78 is 0. The molecule has 0 saturated carbocycles. The summed E-state index contributed by atoms with van der Waals surface area (Å²) in [5, 5.41) is 16.4. The van der Waals surface area contributed by atoms with Gasteiger partial charge in [0.2, 0.25) is 5.96 Å². The van der Waals surface area contributed by atoms with E-state index >= 15 is 0 Å². The molecular formula is C2H7N9. The summed E-state index contributed by atoms with van der Waals surface area (Å²) in [5.41, 5.74) is 17.6. The number of guanidine groups is 1. The molecule has 7 N–H and O–H groups in total. The largest absolute Gasteiger partial charge is 0.369 e. The van der Waals surface area contributed by atoms with Gasteiger partial charge in [0.05, 0.1) is 0 Å². The summed E-state index contributed by atoms with van der Waals surface area (Å²) in [7, 11) is 0. The van der Waals surface area contributed by atoms with Crippen LogP contribution in [0.4, 0.5) is 0 Å². The molecule has 9 nitrogen and oxygen atoms in total. The molecule has 0 atom stereocenters. The van der Waals surface area contributed by atoms with Crippen LogP contribution in [-0.2, 0) is 0 Å². The van der Waals surface area contributed by atoms with Gasteiger partial charge in [-0.1, -0.05) is 10.2 Å². The molecule has 0 spiro atoms. The number of nitrogens with zero attached hydrogens (tertiary/aromatic N) is 5. The molecule has 0 radical (unpaired) electrons. The number of rotatable bonds is 2. The molecule has 0 aromatic carbocycles. The summed E-state index contributed by atoms with van der Waals surface area (Å²) in [6.07, 6.45) is 0. The molecule has 0 aromatic rings. The Balaban J connectivity index is 2.55. The highest BCUT2D eigenvalue weighted by Gasteiger charge is 2.26. The molecule has 1 aliphatic rings. The van der Waals surface area contributed by atoms with E-state index in [0.29, 0.717) is 0 Å². The van der Waals surface area contributed by atoms with Crippen molar-refractivity contribution in [2.75, 3.05) is 0 Å². The monoisotopic (exact) mass is 157 g/mol. The molecule has 60 valence electrons. The highest BCUT2D eigenvalue weighted by Crippen LogP contribution is 2.08. The molecule has 1 rings (SSSR count). The third-order valence-electron chi connectivity index (χ3n) is 0.784. The van der Waals surface area contributed by atoms with Crippen LogP contribution < -0.4 is 22.6 Å². The highest BCUT2D eigenvalue weighted by molar-refractivity contribution is 5.75. The van der Waals surface area contributed by atoms with Crippen molar-refractivity contribution in [2.24, 2.45) is 43.0 Å². The number of hydrazone groups is 1. The first-order chi connectivity index (χ1) is 5.12. The number of hydrogen-bond acceptors (Lipinski definition) is 7. The van der Waals surface area contributed by atoms with Gasteiger partial charge >= 0.3 is 5.91 Å². The molecule has 11 heavy (non-hydrogen) atoms. The lowest BCUT2D eigenvalue weighted by molar-refractivity contribution is 0.370. The second kappa shape index (κ2) is 2.46. The lowest BCUT2D eigenvalue weighted by atomic mass is 10.7. The average Bonchev–Trinajstić information content (AvgIpc) is 2.33. The Morgan fingerprint density at radius 2 is 1.82 bits per heavy atom. The first-order valence-electron chi connectivity index (χ1n) is 2.61. The van der Waals surface area contributed by atoms with Gasteiger partial charge in [-0.2, -0.15) is 0 Å². The van der Waals surface area contributed by atoms with E-state index in [1.165, 1.54) is 0 Å². The Kier molecular flexibility index (Phi) is 1.64. The van der Waals surface area contributed by atoms with E-state index in [2.05, 4.69) is 31.2 Å². The van der Waals surface area contributed by atoms with Crippen molar-refractivity contribution in [2.45, 2.75) is 5.91 Å². The molecule has 0 amide bonds. The standard InChI is InChI=1S/C2H7N9/c3-1(4)6-7-2(5)8-10-11-9-2/h7H,5H2,(H4,3,4,6). The van der Waals surface area contributed by atoms with Gasteiger partial charge in [0.25, 0.3) is 0 Å². The smallest absolute Gasteiger partial charge is 0.338 e. The summed E-state index contributed by atoms with van der Waals surface area (Å²) in [5.74, 6) is -1.63. The predicted molar refractivity (Wildman–Crippen MR) is 35.6 cm³/mol. The third kappa shape index (κ3) is 1.82. The molecule has 0 aromatic heterocycles. The second-order valence-electron chi connectivity index (χ2n) is 1.75. The molecule has 1 heterocycles. The third-order valence-corrected chi connectivity index (χ3v) is 0.784. The lowest BCUT2D eigenvalue weighted by Gasteiger charge is -2.11. The van der Waals surface area contributed by atoms with Gasteiger partial charge in [-0.3, -0.25) is 5.73 Å². The molecule has 0 saturated heterocycles. The van der Waals surface area contributed by atoms with Crippen LogP contribution in [0.15, 0.2) is 25.8 Å². The number of nitrogens with two attached hydrogens (primary N) is 3. The minimum absolute atomic E-state index is 0.174. The topological polar surface area (TPSA) is 152 Å². The molecule has 1 aliphatic heterocycles. The maximum absolute atomic E-state index is 5.36. The summed E-state index contributed by atoms with van der Waals surface area (Å²) >= 11 is 0. The lowest BCUT2D eigenvalue weighted by Crippen LogP contribution is -2.47. The van der Waals surface area contributed by atoms with Crippen molar-refractivity contribution in [3.63, 3.8) is 0 Å². The maximum atomic E-state index is 5.36. The van der Waals surface area contributed by atoms with Gasteiger partial charge in [-0.05, 0) is 10.4 Å². The molecule has 0 bridgehead atoms. The zero-order valence-electron chi connectivity index (χ0n) is 5.47. The Labute approximate surface area is 61.4 Å². The van der Waals surface area contributed by atoms with Crippen molar-refractivity contribution in [3.8, 4) is 0 Å². The molecule has 0 fully saturated rings.